The molecule has 0 aliphatic heterocycles. The van der Waals surface area contributed by atoms with Crippen molar-refractivity contribution in [3.63, 3.8) is 0 Å². The van der Waals surface area contributed by atoms with Crippen molar-refractivity contribution in [1.29, 1.82) is 0 Å². The van der Waals surface area contributed by atoms with Gasteiger partial charge in [0.25, 0.3) is 5.92 Å². The van der Waals surface area contributed by atoms with Crippen LogP contribution in [0.5, 0.6) is 0 Å². The summed E-state index contributed by atoms with van der Waals surface area (Å²) in [6.45, 7) is 0. The van der Waals surface area contributed by atoms with Crippen LogP contribution in [-0.4, -0.2) is 11.5 Å². The first-order valence-electron chi connectivity index (χ1n) is 6.19. The normalized spacial score (nSPS) is 27.4. The Kier molecular flexibility index (Phi) is 3.02. The zero-order valence-corrected chi connectivity index (χ0v) is 9.27. The van der Waals surface area contributed by atoms with Crippen LogP contribution in [0.4, 0.5) is 8.78 Å². The van der Waals surface area contributed by atoms with E-state index in [0.29, 0.717) is 12.8 Å². The molecule has 0 bridgehead atoms. The van der Waals surface area contributed by atoms with Crippen molar-refractivity contribution in [1.82, 2.24) is 0 Å². The molecule has 0 heterocycles. The minimum absolute atomic E-state index is 0.0787. The van der Waals surface area contributed by atoms with E-state index in [1.54, 1.807) is 0 Å². The lowest BCUT2D eigenvalue weighted by atomic mass is 9.88. The molecule has 0 atom stereocenters. The van der Waals surface area contributed by atoms with Gasteiger partial charge in [-0.25, -0.2) is 8.78 Å². The molecule has 2 aliphatic carbocycles. The number of hydrogen-bond donors (Lipinski definition) is 1. The molecular weight excluding hydrogens is 196 g/mol. The highest BCUT2D eigenvalue weighted by Gasteiger charge is 2.50. The Hall–Kier alpha value is -0.180. The second-order valence-electron chi connectivity index (χ2n) is 5.49. The molecule has 0 amide bonds. The van der Waals surface area contributed by atoms with Gasteiger partial charge in [0.2, 0.25) is 0 Å². The third-order valence-corrected chi connectivity index (χ3v) is 3.93. The monoisotopic (exact) mass is 217 g/mol. The van der Waals surface area contributed by atoms with Crippen molar-refractivity contribution in [2.24, 2.45) is 11.7 Å². The molecule has 0 radical (unpaired) electrons. The maximum Gasteiger partial charge on any atom is 0.252 e. The fourth-order valence-corrected chi connectivity index (χ4v) is 2.65. The highest BCUT2D eigenvalue weighted by molar-refractivity contribution is 5.03. The Balaban J connectivity index is 1.93. The summed E-state index contributed by atoms with van der Waals surface area (Å²) in [6.07, 6.45) is 7.08. The van der Waals surface area contributed by atoms with Crippen molar-refractivity contribution < 1.29 is 8.78 Å². The minimum atomic E-state index is -2.52. The van der Waals surface area contributed by atoms with Crippen LogP contribution in [0.2, 0.25) is 0 Å². The van der Waals surface area contributed by atoms with Crippen molar-refractivity contribution in [3.8, 4) is 0 Å². The topological polar surface area (TPSA) is 26.0 Å². The zero-order chi connectivity index (χ0) is 10.9. The highest BCUT2D eigenvalue weighted by atomic mass is 19.3. The molecule has 1 nitrogen and oxygen atoms in total. The summed E-state index contributed by atoms with van der Waals surface area (Å²) < 4.78 is 27.9. The Morgan fingerprint density at radius 3 is 2.07 bits per heavy atom. The Morgan fingerprint density at radius 2 is 1.60 bits per heavy atom. The van der Waals surface area contributed by atoms with E-state index in [0.717, 1.165) is 38.5 Å². The molecule has 15 heavy (non-hydrogen) atoms. The Morgan fingerprint density at radius 1 is 1.07 bits per heavy atom. The standard InChI is InChI=1S/C12H21F2N/c13-12(14,9-11(15)7-8-11)10-5-3-1-2-4-6-10/h10H,1-9,15H2. The first kappa shape index (κ1) is 11.3. The van der Waals surface area contributed by atoms with E-state index in [4.69, 9.17) is 5.73 Å². The van der Waals surface area contributed by atoms with Crippen LogP contribution >= 0.6 is 0 Å². The molecule has 2 N–H and O–H groups in total. The van der Waals surface area contributed by atoms with Crippen molar-refractivity contribution in [3.05, 3.63) is 0 Å². The molecule has 2 aliphatic rings. The van der Waals surface area contributed by atoms with Crippen LogP contribution < -0.4 is 5.73 Å². The smallest absolute Gasteiger partial charge is 0.252 e. The van der Waals surface area contributed by atoms with E-state index < -0.39 is 17.4 Å². The fourth-order valence-electron chi connectivity index (χ4n) is 2.65. The first-order chi connectivity index (χ1) is 7.02. The third-order valence-electron chi connectivity index (χ3n) is 3.93. The van der Waals surface area contributed by atoms with Gasteiger partial charge in [-0.1, -0.05) is 25.7 Å². The lowest BCUT2D eigenvalue weighted by Gasteiger charge is -2.28. The minimum Gasteiger partial charge on any atom is -0.325 e. The second-order valence-corrected chi connectivity index (χ2v) is 5.49. The first-order valence-corrected chi connectivity index (χ1v) is 6.19. The van der Waals surface area contributed by atoms with E-state index in [-0.39, 0.29) is 6.42 Å². The van der Waals surface area contributed by atoms with Gasteiger partial charge >= 0.3 is 0 Å². The van der Waals surface area contributed by atoms with Gasteiger partial charge in [-0.15, -0.1) is 0 Å². The molecular formula is C12H21F2N. The Labute approximate surface area is 90.4 Å². The van der Waals surface area contributed by atoms with Gasteiger partial charge in [-0.3, -0.25) is 0 Å². The summed E-state index contributed by atoms with van der Waals surface area (Å²) in [5.74, 6) is -2.92. The molecule has 88 valence electrons. The number of alkyl halides is 2. The quantitative estimate of drug-likeness (QED) is 0.720. The van der Waals surface area contributed by atoms with Gasteiger partial charge in [0, 0.05) is 17.9 Å². The van der Waals surface area contributed by atoms with Crippen LogP contribution in [0.1, 0.15) is 57.8 Å². The molecule has 2 saturated carbocycles. The predicted octanol–water partition coefficient (Wildman–Crippen LogP) is 3.47. The van der Waals surface area contributed by atoms with Gasteiger partial charge in [-0.05, 0) is 25.7 Å². The van der Waals surface area contributed by atoms with E-state index in [1.807, 2.05) is 0 Å². The average Bonchev–Trinajstić information content (AvgIpc) is 2.88. The summed E-state index contributed by atoms with van der Waals surface area (Å²) in [5.41, 5.74) is 5.28. The molecule has 0 aromatic carbocycles. The van der Waals surface area contributed by atoms with Gasteiger partial charge in [-0.2, -0.15) is 0 Å². The largest absolute Gasteiger partial charge is 0.325 e. The molecule has 0 saturated heterocycles. The van der Waals surface area contributed by atoms with Crippen molar-refractivity contribution in [2.45, 2.75) is 69.2 Å². The van der Waals surface area contributed by atoms with E-state index in [2.05, 4.69) is 0 Å². The predicted molar refractivity (Wildman–Crippen MR) is 56.9 cm³/mol. The maximum atomic E-state index is 13.9. The zero-order valence-electron chi connectivity index (χ0n) is 9.27. The number of rotatable bonds is 3. The van der Waals surface area contributed by atoms with E-state index >= 15 is 0 Å². The molecule has 2 fully saturated rings. The number of nitrogens with two attached hydrogens (primary N) is 1. The van der Waals surface area contributed by atoms with Gasteiger partial charge in [0.1, 0.15) is 0 Å². The van der Waals surface area contributed by atoms with Crippen molar-refractivity contribution >= 4 is 0 Å². The average molecular weight is 217 g/mol. The summed E-state index contributed by atoms with van der Waals surface area (Å²) in [4.78, 5) is 0. The van der Waals surface area contributed by atoms with Crippen LogP contribution in [0, 0.1) is 5.92 Å². The molecule has 3 heteroatoms. The maximum absolute atomic E-state index is 13.9. The number of halogens is 2. The van der Waals surface area contributed by atoms with Crippen molar-refractivity contribution in [2.75, 3.05) is 0 Å². The molecule has 0 aromatic heterocycles. The van der Waals surface area contributed by atoms with E-state index in [1.165, 1.54) is 0 Å². The summed E-state index contributed by atoms with van der Waals surface area (Å²) in [6, 6.07) is 0. The van der Waals surface area contributed by atoms with Gasteiger partial charge in [0.05, 0.1) is 0 Å². The van der Waals surface area contributed by atoms with Gasteiger partial charge < -0.3 is 5.73 Å². The third kappa shape index (κ3) is 2.90. The van der Waals surface area contributed by atoms with Crippen LogP contribution in [0.3, 0.4) is 0 Å². The molecule has 2 rings (SSSR count). The van der Waals surface area contributed by atoms with Crippen LogP contribution in [-0.2, 0) is 0 Å². The lowest BCUT2D eigenvalue weighted by Crippen LogP contribution is -2.37. The SMILES string of the molecule is NC1(CC(F)(F)C2CCCCCC2)CC1. The molecule has 0 unspecified atom stereocenters. The van der Waals surface area contributed by atoms with Gasteiger partial charge in [0.15, 0.2) is 0 Å². The lowest BCUT2D eigenvalue weighted by molar-refractivity contribution is -0.0771. The van der Waals surface area contributed by atoms with E-state index in [9.17, 15) is 8.78 Å². The fraction of sp³-hybridized carbons (Fsp3) is 1.00. The molecule has 0 aromatic rings. The summed E-state index contributed by atoms with van der Waals surface area (Å²) in [7, 11) is 0. The molecule has 0 spiro atoms. The Bertz CT molecular complexity index is 216. The van der Waals surface area contributed by atoms with Crippen LogP contribution in [0.15, 0.2) is 0 Å². The van der Waals surface area contributed by atoms with Crippen LogP contribution in [0.25, 0.3) is 0 Å². The summed E-state index contributed by atoms with van der Waals surface area (Å²) >= 11 is 0. The summed E-state index contributed by atoms with van der Waals surface area (Å²) in [5, 5.41) is 0. The highest BCUT2D eigenvalue weighted by Crippen LogP contribution is 2.46. The second kappa shape index (κ2) is 4.00. The number of hydrogen-bond acceptors (Lipinski definition) is 1.